The number of benzene rings is 2. The fourth-order valence-corrected chi connectivity index (χ4v) is 5.08. The van der Waals surface area contributed by atoms with E-state index in [0.29, 0.717) is 19.3 Å². The van der Waals surface area contributed by atoms with E-state index in [1.807, 2.05) is 42.5 Å². The highest BCUT2D eigenvalue weighted by Gasteiger charge is 2.33. The average molecular weight is 487 g/mol. The molecule has 0 bridgehead atoms. The third-order valence-electron chi connectivity index (χ3n) is 7.08. The van der Waals surface area contributed by atoms with Crippen LogP contribution in [0.4, 0.5) is 0 Å². The van der Waals surface area contributed by atoms with Crippen LogP contribution in [0.3, 0.4) is 0 Å². The second-order valence-corrected chi connectivity index (χ2v) is 10.5. The van der Waals surface area contributed by atoms with Gasteiger partial charge in [0.05, 0.1) is 25.6 Å². The first-order valence-electron chi connectivity index (χ1n) is 12.9. The Kier molecular flexibility index (Phi) is 10.4. The van der Waals surface area contributed by atoms with Gasteiger partial charge in [0.15, 0.2) is 0 Å². The molecule has 0 aliphatic carbocycles. The number of carbonyl (C=O) groups is 1. The number of esters is 1. The van der Waals surface area contributed by atoms with E-state index in [0.717, 1.165) is 53.1 Å². The van der Waals surface area contributed by atoms with Crippen molar-refractivity contribution < 1.29 is 18.8 Å². The molecule has 0 radical (unpaired) electrons. The average Bonchev–Trinajstić information content (AvgIpc) is 2.85. The van der Waals surface area contributed by atoms with Crippen LogP contribution in [0.5, 0.6) is 0 Å². The van der Waals surface area contributed by atoms with Gasteiger partial charge >= 0.3 is 5.97 Å². The lowest BCUT2D eigenvalue weighted by Crippen LogP contribution is -2.55. The van der Waals surface area contributed by atoms with Gasteiger partial charge in [-0.05, 0) is 54.9 Å². The van der Waals surface area contributed by atoms with Crippen molar-refractivity contribution >= 4 is 17.6 Å². The summed E-state index contributed by atoms with van der Waals surface area (Å²) in [5, 5.41) is 0.720. The van der Waals surface area contributed by atoms with Gasteiger partial charge in [-0.1, -0.05) is 81.3 Å². The molecule has 1 aliphatic heterocycles. The number of nitrogens with zero attached hydrogens (tertiary/aromatic N) is 1. The van der Waals surface area contributed by atoms with Crippen molar-refractivity contribution in [3.63, 3.8) is 0 Å². The van der Waals surface area contributed by atoms with Crippen molar-refractivity contribution in [3.05, 3.63) is 70.7 Å². The van der Waals surface area contributed by atoms with Crippen molar-refractivity contribution in [2.45, 2.75) is 59.0 Å². The molecule has 186 valence electrons. The highest BCUT2D eigenvalue weighted by atomic mass is 35.5. The normalized spacial score (nSPS) is 17.3. The Hall–Kier alpha value is -1.88. The van der Waals surface area contributed by atoms with Crippen LogP contribution in [0.1, 0.15) is 70.1 Å². The summed E-state index contributed by atoms with van der Waals surface area (Å²) >= 11 is 6.12. The fraction of sp³-hybridized carbons (Fsp3) is 0.552. The van der Waals surface area contributed by atoms with Gasteiger partial charge < -0.3 is 9.47 Å². The SMILES string of the molecule is CCCC(C(=O)OC[N+]1(CCOC(c2ccccc2)c2ccc(Cl)cc2)CCCCC1)C(C)C. The van der Waals surface area contributed by atoms with Crippen LogP contribution in [-0.2, 0) is 14.3 Å². The Morgan fingerprint density at radius 3 is 2.24 bits per heavy atom. The summed E-state index contributed by atoms with van der Waals surface area (Å²) in [5.41, 5.74) is 2.22. The molecule has 1 saturated heterocycles. The molecule has 34 heavy (non-hydrogen) atoms. The number of likely N-dealkylation sites (tertiary alicyclic amines) is 1. The molecule has 2 atom stereocenters. The molecule has 0 spiro atoms. The minimum atomic E-state index is -0.152. The molecule has 0 amide bonds. The van der Waals surface area contributed by atoms with Gasteiger partial charge in [0.1, 0.15) is 12.6 Å². The Morgan fingerprint density at radius 1 is 0.971 bits per heavy atom. The van der Waals surface area contributed by atoms with Crippen molar-refractivity contribution in [2.75, 3.05) is 33.0 Å². The zero-order valence-corrected chi connectivity index (χ0v) is 21.8. The first kappa shape index (κ1) is 26.7. The van der Waals surface area contributed by atoms with E-state index in [2.05, 4.69) is 32.9 Å². The Labute approximate surface area is 210 Å². The maximum atomic E-state index is 12.9. The Morgan fingerprint density at radius 2 is 1.62 bits per heavy atom. The number of hydrogen-bond donors (Lipinski definition) is 0. The van der Waals surface area contributed by atoms with Crippen LogP contribution in [0.15, 0.2) is 54.6 Å². The molecule has 1 heterocycles. The van der Waals surface area contributed by atoms with Gasteiger partial charge in [-0.2, -0.15) is 0 Å². The Balaban J connectivity index is 1.67. The third-order valence-corrected chi connectivity index (χ3v) is 7.33. The number of halogens is 1. The molecule has 5 heteroatoms. The number of carbonyl (C=O) groups excluding carboxylic acids is 1. The van der Waals surface area contributed by atoms with Crippen LogP contribution >= 0.6 is 11.6 Å². The molecule has 0 aromatic heterocycles. The van der Waals surface area contributed by atoms with Gasteiger partial charge in [-0.25, -0.2) is 0 Å². The zero-order chi connectivity index (χ0) is 24.4. The van der Waals surface area contributed by atoms with E-state index in [4.69, 9.17) is 21.1 Å². The van der Waals surface area contributed by atoms with Gasteiger partial charge in [0, 0.05) is 5.02 Å². The summed E-state index contributed by atoms with van der Waals surface area (Å²) < 4.78 is 13.3. The van der Waals surface area contributed by atoms with Crippen molar-refractivity contribution in [1.82, 2.24) is 0 Å². The molecule has 2 unspecified atom stereocenters. The summed E-state index contributed by atoms with van der Waals surface area (Å²) in [7, 11) is 0. The third kappa shape index (κ3) is 7.56. The summed E-state index contributed by atoms with van der Waals surface area (Å²) in [5.74, 6) is 0.249. The van der Waals surface area contributed by atoms with E-state index in [1.165, 1.54) is 19.3 Å². The second kappa shape index (κ2) is 13.3. The fourth-order valence-electron chi connectivity index (χ4n) is 4.96. The first-order chi connectivity index (χ1) is 16.4. The standard InChI is InChI=1S/C29H41ClNO3/c1-4-11-27(23(2)3)29(32)34-22-31(18-9-6-10-19-31)20-21-33-28(24-12-7-5-8-13-24)25-14-16-26(30)17-15-25/h5,7-8,12-17,23,27-28H,4,6,9-11,18-22H2,1-3H3/q+1. The van der Waals surface area contributed by atoms with Crippen molar-refractivity contribution in [2.24, 2.45) is 11.8 Å². The maximum absolute atomic E-state index is 12.9. The predicted molar refractivity (Wildman–Crippen MR) is 139 cm³/mol. The van der Waals surface area contributed by atoms with E-state index >= 15 is 0 Å². The molecule has 2 aromatic rings. The number of piperidine rings is 1. The molecular formula is C29H41ClNO3+. The predicted octanol–water partition coefficient (Wildman–Crippen LogP) is 7.02. The molecular weight excluding hydrogens is 446 g/mol. The lowest BCUT2D eigenvalue weighted by molar-refractivity contribution is -0.948. The van der Waals surface area contributed by atoms with Crippen LogP contribution in [0.2, 0.25) is 5.02 Å². The zero-order valence-electron chi connectivity index (χ0n) is 21.0. The number of ether oxygens (including phenoxy) is 2. The highest BCUT2D eigenvalue weighted by molar-refractivity contribution is 6.30. The van der Waals surface area contributed by atoms with Gasteiger partial charge in [0.25, 0.3) is 0 Å². The van der Waals surface area contributed by atoms with E-state index in [9.17, 15) is 4.79 Å². The smallest absolute Gasteiger partial charge is 0.313 e. The quantitative estimate of drug-likeness (QED) is 0.239. The first-order valence-corrected chi connectivity index (χ1v) is 13.3. The van der Waals surface area contributed by atoms with E-state index in [1.54, 1.807) is 0 Å². The molecule has 2 aromatic carbocycles. The summed E-state index contributed by atoms with van der Waals surface area (Å²) in [6.45, 7) is 10.3. The molecule has 4 nitrogen and oxygen atoms in total. The van der Waals surface area contributed by atoms with Gasteiger partial charge in [-0.15, -0.1) is 0 Å². The lowest BCUT2D eigenvalue weighted by atomic mass is 9.92. The monoisotopic (exact) mass is 486 g/mol. The van der Waals surface area contributed by atoms with E-state index in [-0.39, 0.29) is 18.0 Å². The van der Waals surface area contributed by atoms with Crippen LogP contribution in [0.25, 0.3) is 0 Å². The molecule has 0 saturated carbocycles. The molecule has 1 fully saturated rings. The van der Waals surface area contributed by atoms with Crippen molar-refractivity contribution in [1.29, 1.82) is 0 Å². The maximum Gasteiger partial charge on any atom is 0.313 e. The van der Waals surface area contributed by atoms with E-state index < -0.39 is 0 Å². The molecule has 1 aliphatic rings. The summed E-state index contributed by atoms with van der Waals surface area (Å²) in [4.78, 5) is 12.9. The Bertz CT molecular complexity index is 863. The van der Waals surface area contributed by atoms with Crippen LogP contribution < -0.4 is 0 Å². The number of rotatable bonds is 12. The highest BCUT2D eigenvalue weighted by Crippen LogP contribution is 2.28. The molecule has 0 N–H and O–H groups in total. The number of hydrogen-bond acceptors (Lipinski definition) is 3. The second-order valence-electron chi connectivity index (χ2n) is 10.0. The minimum absolute atomic E-state index is 0.0153. The van der Waals surface area contributed by atoms with Crippen molar-refractivity contribution in [3.8, 4) is 0 Å². The molecule has 3 rings (SSSR count). The minimum Gasteiger partial charge on any atom is -0.415 e. The summed E-state index contributed by atoms with van der Waals surface area (Å²) in [6, 6.07) is 18.2. The van der Waals surface area contributed by atoms with Crippen LogP contribution in [0, 0.1) is 11.8 Å². The summed E-state index contributed by atoms with van der Waals surface area (Å²) in [6.07, 6.45) is 5.31. The largest absolute Gasteiger partial charge is 0.415 e. The lowest BCUT2D eigenvalue weighted by Gasteiger charge is -2.41. The number of quaternary nitrogens is 1. The topological polar surface area (TPSA) is 35.5 Å². The van der Waals surface area contributed by atoms with Gasteiger partial charge in [0.2, 0.25) is 6.73 Å². The van der Waals surface area contributed by atoms with Gasteiger partial charge in [-0.3, -0.25) is 9.28 Å². The van der Waals surface area contributed by atoms with Crippen LogP contribution in [-0.4, -0.2) is 43.4 Å².